The topological polar surface area (TPSA) is 69.4 Å². The van der Waals surface area contributed by atoms with Gasteiger partial charge >= 0.3 is 0 Å². The maximum Gasteiger partial charge on any atom is 0.182 e. The summed E-state index contributed by atoms with van der Waals surface area (Å²) in [5.41, 5.74) is 7.17. The molecular formula is C19H21NO3S2. The zero-order valence-corrected chi connectivity index (χ0v) is 15.8. The van der Waals surface area contributed by atoms with Crippen molar-refractivity contribution >= 4 is 27.0 Å². The van der Waals surface area contributed by atoms with Gasteiger partial charge in [0.2, 0.25) is 0 Å². The molecule has 0 heterocycles. The predicted molar refractivity (Wildman–Crippen MR) is 102 cm³/mol. The molecule has 4 nitrogen and oxygen atoms in total. The Bertz CT molecular complexity index is 879. The van der Waals surface area contributed by atoms with Crippen molar-refractivity contribution in [3.8, 4) is 0 Å². The summed E-state index contributed by atoms with van der Waals surface area (Å²) >= 11 is 5.29. The molecular weight excluding hydrogens is 354 g/mol. The zero-order chi connectivity index (χ0) is 18.2. The van der Waals surface area contributed by atoms with Crippen LogP contribution in [0.25, 0.3) is 0 Å². The Kier molecular flexibility index (Phi) is 4.70. The number of hydrogen-bond acceptors (Lipinski definition) is 4. The molecule has 2 N–H and O–H groups in total. The third kappa shape index (κ3) is 2.88. The van der Waals surface area contributed by atoms with Gasteiger partial charge in [-0.25, -0.2) is 8.42 Å². The predicted octanol–water partition coefficient (Wildman–Crippen LogP) is 2.85. The van der Waals surface area contributed by atoms with E-state index in [9.17, 15) is 8.42 Å². The highest BCUT2D eigenvalue weighted by atomic mass is 32.2. The highest BCUT2D eigenvalue weighted by molar-refractivity contribution is 7.92. The Hall–Kier alpha value is -1.76. The smallest absolute Gasteiger partial charge is 0.182 e. The summed E-state index contributed by atoms with van der Waals surface area (Å²) in [6.07, 6.45) is 0. The van der Waals surface area contributed by atoms with Gasteiger partial charge in [-0.05, 0) is 24.6 Å². The Balaban J connectivity index is 2.12. The second kappa shape index (κ2) is 6.52. The molecule has 1 fully saturated rings. The van der Waals surface area contributed by atoms with Gasteiger partial charge in [0, 0.05) is 13.0 Å². The summed E-state index contributed by atoms with van der Waals surface area (Å²) in [6, 6.07) is 16.3. The van der Waals surface area contributed by atoms with Crippen LogP contribution < -0.4 is 5.73 Å². The molecule has 0 radical (unpaired) electrons. The highest BCUT2D eigenvalue weighted by Crippen LogP contribution is 2.64. The number of thiocarbonyl (C=S) groups is 1. The lowest BCUT2D eigenvalue weighted by atomic mass is 9.99. The van der Waals surface area contributed by atoms with Gasteiger partial charge in [-0.15, -0.1) is 0 Å². The third-order valence-electron chi connectivity index (χ3n) is 4.94. The van der Waals surface area contributed by atoms with Gasteiger partial charge in [0.05, 0.1) is 27.2 Å². The monoisotopic (exact) mass is 375 g/mol. The Labute approximate surface area is 153 Å². The molecule has 25 heavy (non-hydrogen) atoms. The highest BCUT2D eigenvalue weighted by Gasteiger charge is 2.73. The van der Waals surface area contributed by atoms with Crippen molar-refractivity contribution in [2.75, 3.05) is 13.7 Å². The molecule has 0 aromatic heterocycles. The molecule has 1 aliphatic carbocycles. The van der Waals surface area contributed by atoms with Crippen LogP contribution in [0.15, 0.2) is 59.5 Å². The molecule has 0 spiro atoms. The van der Waals surface area contributed by atoms with Crippen LogP contribution in [0.5, 0.6) is 0 Å². The van der Waals surface area contributed by atoms with Gasteiger partial charge < -0.3 is 10.5 Å². The van der Waals surface area contributed by atoms with E-state index in [0.29, 0.717) is 0 Å². The van der Waals surface area contributed by atoms with Crippen molar-refractivity contribution in [2.45, 2.75) is 23.0 Å². The van der Waals surface area contributed by atoms with Crippen LogP contribution in [-0.2, 0) is 14.6 Å². The molecule has 0 unspecified atom stereocenters. The molecule has 3 atom stereocenters. The maximum atomic E-state index is 13.3. The fraction of sp³-hybridized carbons (Fsp3) is 0.316. The first-order chi connectivity index (χ1) is 11.9. The molecule has 0 saturated heterocycles. The van der Waals surface area contributed by atoms with Crippen molar-refractivity contribution in [3.05, 3.63) is 65.7 Å². The lowest BCUT2D eigenvalue weighted by molar-refractivity contribution is 0.166. The largest absolute Gasteiger partial charge is 0.393 e. The quantitative estimate of drug-likeness (QED) is 0.786. The lowest BCUT2D eigenvalue weighted by Gasteiger charge is -2.16. The fourth-order valence-electron chi connectivity index (χ4n) is 3.64. The first-order valence-electron chi connectivity index (χ1n) is 8.00. The maximum absolute atomic E-state index is 13.3. The van der Waals surface area contributed by atoms with E-state index in [1.54, 1.807) is 30.3 Å². The van der Waals surface area contributed by atoms with E-state index in [4.69, 9.17) is 22.7 Å². The molecule has 2 aromatic rings. The van der Waals surface area contributed by atoms with E-state index in [0.717, 1.165) is 11.1 Å². The number of benzene rings is 2. The van der Waals surface area contributed by atoms with Gasteiger partial charge in [0.1, 0.15) is 0 Å². The molecule has 2 aromatic carbocycles. The molecule has 0 bridgehead atoms. The van der Waals surface area contributed by atoms with Crippen molar-refractivity contribution in [1.29, 1.82) is 0 Å². The minimum Gasteiger partial charge on any atom is -0.393 e. The number of nitrogens with two attached hydrogens (primary N) is 1. The van der Waals surface area contributed by atoms with E-state index in [2.05, 4.69) is 0 Å². The van der Waals surface area contributed by atoms with Crippen LogP contribution in [-0.4, -0.2) is 32.4 Å². The number of methoxy groups -OCH3 is 1. The average Bonchev–Trinajstić information content (AvgIpc) is 3.28. The molecule has 0 aliphatic heterocycles. The average molecular weight is 376 g/mol. The number of rotatable bonds is 6. The van der Waals surface area contributed by atoms with Crippen LogP contribution in [0.4, 0.5) is 0 Å². The molecule has 132 valence electrons. The van der Waals surface area contributed by atoms with Crippen LogP contribution in [0.1, 0.15) is 17.0 Å². The lowest BCUT2D eigenvalue weighted by Crippen LogP contribution is -2.33. The van der Waals surface area contributed by atoms with Crippen LogP contribution in [0.2, 0.25) is 0 Å². The summed E-state index contributed by atoms with van der Waals surface area (Å²) in [4.78, 5) is 0.468. The molecule has 0 amide bonds. The number of ether oxygens (including phenoxy) is 1. The van der Waals surface area contributed by atoms with E-state index in [1.807, 2.05) is 31.2 Å². The van der Waals surface area contributed by atoms with Gasteiger partial charge in [0.25, 0.3) is 0 Å². The van der Waals surface area contributed by atoms with E-state index < -0.39 is 20.5 Å². The van der Waals surface area contributed by atoms with Crippen LogP contribution >= 0.6 is 12.2 Å². The van der Waals surface area contributed by atoms with Crippen molar-refractivity contribution in [2.24, 2.45) is 11.1 Å². The summed E-state index contributed by atoms with van der Waals surface area (Å²) < 4.78 is 31.9. The van der Waals surface area contributed by atoms with Crippen molar-refractivity contribution in [1.82, 2.24) is 0 Å². The van der Waals surface area contributed by atoms with E-state index in [1.165, 1.54) is 7.11 Å². The second-order valence-corrected chi connectivity index (χ2v) is 9.01. The van der Waals surface area contributed by atoms with Gasteiger partial charge in [-0.2, -0.15) is 0 Å². The van der Waals surface area contributed by atoms with E-state index in [-0.39, 0.29) is 22.4 Å². The van der Waals surface area contributed by atoms with Crippen LogP contribution in [0, 0.1) is 12.3 Å². The molecule has 1 saturated carbocycles. The minimum absolute atomic E-state index is 0.178. The summed E-state index contributed by atoms with van der Waals surface area (Å²) in [5.74, 6) is -0.309. The first kappa shape index (κ1) is 18.0. The van der Waals surface area contributed by atoms with Crippen LogP contribution in [0.3, 0.4) is 0 Å². The SMILES string of the molecule is COC[C@]1(C(N)=S)[C@@H](c2ccc(C)cc2)[C@@H]1S(=O)(=O)c1ccccc1. The minimum atomic E-state index is -3.60. The fourth-order valence-corrected chi connectivity index (χ4v) is 6.43. The third-order valence-corrected chi connectivity index (χ3v) is 7.61. The summed E-state index contributed by atoms with van der Waals surface area (Å²) in [7, 11) is -2.06. The first-order valence-corrected chi connectivity index (χ1v) is 9.95. The number of hydrogen-bond donors (Lipinski definition) is 1. The van der Waals surface area contributed by atoms with Gasteiger partial charge in [-0.1, -0.05) is 60.2 Å². The Morgan fingerprint density at radius 3 is 2.28 bits per heavy atom. The second-order valence-electron chi connectivity index (χ2n) is 6.50. The van der Waals surface area contributed by atoms with Crippen molar-refractivity contribution in [3.63, 3.8) is 0 Å². The Morgan fingerprint density at radius 2 is 1.76 bits per heavy atom. The van der Waals surface area contributed by atoms with E-state index >= 15 is 0 Å². The summed E-state index contributed by atoms with van der Waals surface area (Å²) in [5, 5.41) is -0.720. The van der Waals surface area contributed by atoms with Gasteiger partial charge in [0.15, 0.2) is 9.84 Å². The molecule has 3 rings (SSSR count). The standard InChI is InChI=1S/C19H21NO3S2/c1-13-8-10-14(11-9-13)16-17(19(16,12-23-2)18(20)24)25(21,22)15-6-4-3-5-7-15/h3-11,16-17H,12H2,1-2H3,(H2,20,24)/t16-,17-,19-/m0/s1. The number of sulfone groups is 1. The molecule has 6 heteroatoms. The summed E-state index contributed by atoms with van der Waals surface area (Å²) in [6.45, 7) is 2.17. The van der Waals surface area contributed by atoms with Gasteiger partial charge in [-0.3, -0.25) is 0 Å². The van der Waals surface area contributed by atoms with Crippen molar-refractivity contribution < 1.29 is 13.2 Å². The molecule has 1 aliphatic rings. The Morgan fingerprint density at radius 1 is 1.16 bits per heavy atom. The zero-order valence-electron chi connectivity index (χ0n) is 14.2. The number of aryl methyl sites for hydroxylation is 1. The normalized spacial score (nSPS) is 25.5.